The van der Waals surface area contributed by atoms with E-state index in [0.29, 0.717) is 10.6 Å². The first-order valence-corrected chi connectivity index (χ1v) is 11.8. The number of amides is 1. The molecule has 0 bridgehead atoms. The minimum absolute atomic E-state index is 0.181. The smallest absolute Gasteiger partial charge is 0.265 e. The average molecular weight is 439 g/mol. The van der Waals surface area contributed by atoms with Crippen LogP contribution in [0.1, 0.15) is 23.5 Å². The average Bonchev–Trinajstić information content (AvgIpc) is 3.22. The number of thiazole rings is 1. The zero-order valence-corrected chi connectivity index (χ0v) is 18.5. The summed E-state index contributed by atoms with van der Waals surface area (Å²) < 4.78 is 26.4. The molecule has 0 unspecified atom stereocenters. The Labute approximate surface area is 172 Å². The Morgan fingerprint density at radius 3 is 2.29 bits per heavy atom. The highest BCUT2D eigenvalue weighted by molar-refractivity contribution is 7.89. The number of anilines is 2. The Kier molecular flexibility index (Phi) is 6.04. The van der Waals surface area contributed by atoms with E-state index < -0.39 is 10.0 Å². The van der Waals surface area contributed by atoms with Crippen molar-refractivity contribution in [2.24, 2.45) is 0 Å². The Bertz CT molecular complexity index is 1050. The molecule has 3 rings (SSSR count). The number of fused-ring (bicyclic) bond motifs is 1. The molecule has 10 heteroatoms. The molecule has 1 amide bonds. The highest BCUT2D eigenvalue weighted by Crippen LogP contribution is 2.34. The van der Waals surface area contributed by atoms with Crippen LogP contribution in [0.2, 0.25) is 0 Å². The van der Waals surface area contributed by atoms with Gasteiger partial charge >= 0.3 is 0 Å². The second kappa shape index (κ2) is 8.16. The number of hydrogen-bond acceptors (Lipinski definition) is 7. The van der Waals surface area contributed by atoms with Gasteiger partial charge in [0.15, 0.2) is 5.13 Å². The van der Waals surface area contributed by atoms with E-state index in [2.05, 4.69) is 29.0 Å². The van der Waals surface area contributed by atoms with Gasteiger partial charge in [0.05, 0.1) is 14.5 Å². The van der Waals surface area contributed by atoms with E-state index in [4.69, 9.17) is 0 Å². The van der Waals surface area contributed by atoms with Crippen LogP contribution in [0.15, 0.2) is 35.2 Å². The summed E-state index contributed by atoms with van der Waals surface area (Å²) in [7, 11) is -0.529. The third-order valence-electron chi connectivity index (χ3n) is 4.23. The molecular formula is C18H22N4O3S3. The third kappa shape index (κ3) is 4.04. The Hall–Kier alpha value is -2.01. The molecule has 2 aromatic heterocycles. The summed E-state index contributed by atoms with van der Waals surface area (Å²) in [4.78, 5) is 21.0. The zero-order valence-electron chi connectivity index (χ0n) is 16.1. The summed E-state index contributed by atoms with van der Waals surface area (Å²) >= 11 is 2.93. The van der Waals surface area contributed by atoms with Gasteiger partial charge in [-0.05, 0) is 44.2 Å². The Morgan fingerprint density at radius 2 is 1.75 bits per heavy atom. The molecule has 150 valence electrons. The van der Waals surface area contributed by atoms with Crippen molar-refractivity contribution < 1.29 is 13.2 Å². The van der Waals surface area contributed by atoms with E-state index in [1.807, 2.05) is 6.07 Å². The van der Waals surface area contributed by atoms with E-state index in [0.717, 1.165) is 32.1 Å². The van der Waals surface area contributed by atoms with Crippen LogP contribution in [0.5, 0.6) is 0 Å². The van der Waals surface area contributed by atoms with Crippen LogP contribution in [-0.4, -0.2) is 50.8 Å². The molecule has 2 heterocycles. The van der Waals surface area contributed by atoms with E-state index >= 15 is 0 Å². The Balaban J connectivity index is 1.75. The Morgan fingerprint density at radius 1 is 1.11 bits per heavy atom. The summed E-state index contributed by atoms with van der Waals surface area (Å²) in [6, 6.07) is 7.98. The summed E-state index contributed by atoms with van der Waals surface area (Å²) in [5.74, 6) is -0.234. The highest BCUT2D eigenvalue weighted by atomic mass is 32.2. The van der Waals surface area contributed by atoms with Gasteiger partial charge in [-0.1, -0.05) is 11.3 Å². The standard InChI is InChI=1S/C18H22N4O3S3/c1-5-22(6-2)18-20-17-15(27-18)11-14(26-17)16(23)19-12-7-9-13(10-8-12)28(24,25)21(3)4/h7-11H,5-6H2,1-4H3,(H,19,23). The monoisotopic (exact) mass is 438 g/mol. The van der Waals surface area contributed by atoms with Crippen LogP contribution in [0.4, 0.5) is 10.8 Å². The molecule has 0 radical (unpaired) electrons. The number of thiophene rings is 1. The number of carbonyl (C=O) groups is 1. The van der Waals surface area contributed by atoms with E-state index in [1.165, 1.54) is 37.6 Å². The first-order chi connectivity index (χ1) is 13.3. The van der Waals surface area contributed by atoms with Gasteiger partial charge in [-0.2, -0.15) is 0 Å². The molecule has 0 fully saturated rings. The molecule has 1 aromatic carbocycles. The lowest BCUT2D eigenvalue weighted by Gasteiger charge is -2.16. The maximum atomic E-state index is 12.5. The van der Waals surface area contributed by atoms with Crippen molar-refractivity contribution in [3.05, 3.63) is 35.2 Å². The van der Waals surface area contributed by atoms with Crippen molar-refractivity contribution in [3.63, 3.8) is 0 Å². The molecule has 0 saturated carbocycles. The van der Waals surface area contributed by atoms with Crippen molar-refractivity contribution in [3.8, 4) is 0 Å². The molecule has 0 saturated heterocycles. The number of rotatable bonds is 7. The minimum atomic E-state index is -3.49. The van der Waals surface area contributed by atoms with E-state index in [1.54, 1.807) is 23.5 Å². The lowest BCUT2D eigenvalue weighted by molar-refractivity contribution is 0.103. The first-order valence-electron chi connectivity index (χ1n) is 8.75. The summed E-state index contributed by atoms with van der Waals surface area (Å²) in [5.41, 5.74) is 0.538. The largest absolute Gasteiger partial charge is 0.349 e. The fourth-order valence-electron chi connectivity index (χ4n) is 2.58. The molecule has 7 nitrogen and oxygen atoms in total. The predicted octanol–water partition coefficient (Wildman–Crippen LogP) is 3.71. The van der Waals surface area contributed by atoms with Crippen LogP contribution in [0.25, 0.3) is 9.53 Å². The normalized spacial score (nSPS) is 11.9. The second-order valence-corrected chi connectivity index (χ2v) is 10.4. The molecule has 1 N–H and O–H groups in total. The molecule has 0 aliphatic carbocycles. The summed E-state index contributed by atoms with van der Waals surface area (Å²) in [6.45, 7) is 5.97. The van der Waals surface area contributed by atoms with Gasteiger partial charge in [0.2, 0.25) is 10.0 Å². The number of nitrogens with zero attached hydrogens (tertiary/aromatic N) is 3. The SMILES string of the molecule is CCN(CC)c1nc2sc(C(=O)Nc3ccc(S(=O)(=O)N(C)C)cc3)cc2s1. The van der Waals surface area contributed by atoms with Gasteiger partial charge in [0.25, 0.3) is 5.91 Å². The topological polar surface area (TPSA) is 82.6 Å². The van der Waals surface area contributed by atoms with Crippen LogP contribution < -0.4 is 10.2 Å². The maximum absolute atomic E-state index is 12.5. The van der Waals surface area contributed by atoms with Gasteiger partial charge < -0.3 is 10.2 Å². The highest BCUT2D eigenvalue weighted by Gasteiger charge is 2.18. The van der Waals surface area contributed by atoms with Gasteiger partial charge in [-0.3, -0.25) is 4.79 Å². The number of sulfonamides is 1. The lowest BCUT2D eigenvalue weighted by atomic mass is 10.3. The van der Waals surface area contributed by atoms with E-state index in [9.17, 15) is 13.2 Å². The fraction of sp³-hybridized carbons (Fsp3) is 0.333. The fourth-order valence-corrected chi connectivity index (χ4v) is 5.71. The van der Waals surface area contributed by atoms with Crippen LogP contribution in [0.3, 0.4) is 0 Å². The van der Waals surface area contributed by atoms with Gasteiger partial charge in [0, 0.05) is 32.9 Å². The molecule has 0 aliphatic heterocycles. The van der Waals surface area contributed by atoms with Gasteiger partial charge in [0.1, 0.15) is 4.83 Å². The molecule has 3 aromatic rings. The predicted molar refractivity (Wildman–Crippen MR) is 116 cm³/mol. The molecule has 0 atom stereocenters. The van der Waals surface area contributed by atoms with Crippen molar-refractivity contribution in [2.75, 3.05) is 37.4 Å². The number of hydrogen-bond donors (Lipinski definition) is 1. The van der Waals surface area contributed by atoms with Crippen molar-refractivity contribution in [1.82, 2.24) is 9.29 Å². The quantitative estimate of drug-likeness (QED) is 0.608. The summed E-state index contributed by atoms with van der Waals surface area (Å²) in [5, 5.41) is 3.77. The number of benzene rings is 1. The number of nitrogens with one attached hydrogen (secondary N) is 1. The molecule has 0 aliphatic rings. The maximum Gasteiger partial charge on any atom is 0.265 e. The lowest BCUT2D eigenvalue weighted by Crippen LogP contribution is -2.22. The molecule has 0 spiro atoms. The minimum Gasteiger partial charge on any atom is -0.349 e. The number of carbonyl (C=O) groups excluding carboxylic acids is 1. The van der Waals surface area contributed by atoms with Crippen LogP contribution in [-0.2, 0) is 10.0 Å². The first kappa shape index (κ1) is 20.7. The third-order valence-corrected chi connectivity index (χ3v) is 8.28. The molecule has 28 heavy (non-hydrogen) atoms. The van der Waals surface area contributed by atoms with Crippen LogP contribution >= 0.6 is 22.7 Å². The molecular weight excluding hydrogens is 416 g/mol. The number of aromatic nitrogens is 1. The zero-order chi connectivity index (χ0) is 20.5. The van der Waals surface area contributed by atoms with Gasteiger partial charge in [-0.15, -0.1) is 11.3 Å². The second-order valence-electron chi connectivity index (χ2n) is 6.21. The van der Waals surface area contributed by atoms with Gasteiger partial charge in [-0.25, -0.2) is 17.7 Å². The van der Waals surface area contributed by atoms with Crippen LogP contribution in [0, 0.1) is 0 Å². The summed E-state index contributed by atoms with van der Waals surface area (Å²) in [6.07, 6.45) is 0. The van der Waals surface area contributed by atoms with Crippen molar-refractivity contribution in [2.45, 2.75) is 18.7 Å². The van der Waals surface area contributed by atoms with Crippen molar-refractivity contribution >= 4 is 59.0 Å². The van der Waals surface area contributed by atoms with Crippen molar-refractivity contribution in [1.29, 1.82) is 0 Å². The van der Waals surface area contributed by atoms with E-state index in [-0.39, 0.29) is 10.8 Å².